The Labute approximate surface area is 77.5 Å². The van der Waals surface area contributed by atoms with Crippen molar-refractivity contribution in [3.05, 3.63) is 5.82 Å². The molecule has 1 aromatic heterocycles. The van der Waals surface area contributed by atoms with Gasteiger partial charge in [0, 0.05) is 0 Å². The molecule has 0 spiro atoms. The second-order valence-electron chi connectivity index (χ2n) is 3.35. The number of alkyl halides is 3. The summed E-state index contributed by atoms with van der Waals surface area (Å²) in [6.45, 7) is 1.54. The van der Waals surface area contributed by atoms with Gasteiger partial charge in [0.2, 0.25) is 0 Å². The molecule has 78 valence electrons. The maximum atomic E-state index is 12.4. The SMILES string of the molecule is Cc1noc(NC2(C(F)(F)F)CC2)n1. The van der Waals surface area contributed by atoms with Crippen molar-refractivity contribution < 1.29 is 17.7 Å². The van der Waals surface area contributed by atoms with Crippen LogP contribution in [0, 0.1) is 6.92 Å². The Balaban J connectivity index is 2.12. The van der Waals surface area contributed by atoms with Crippen LogP contribution in [-0.2, 0) is 0 Å². The predicted molar refractivity (Wildman–Crippen MR) is 40.7 cm³/mol. The molecule has 2 rings (SSSR count). The number of halogens is 3. The first kappa shape index (κ1) is 9.29. The van der Waals surface area contributed by atoms with Crippen LogP contribution in [0.15, 0.2) is 4.52 Å². The smallest absolute Gasteiger partial charge is 0.323 e. The van der Waals surface area contributed by atoms with Crippen LogP contribution in [0.4, 0.5) is 19.2 Å². The van der Waals surface area contributed by atoms with Crippen LogP contribution in [0.2, 0.25) is 0 Å². The monoisotopic (exact) mass is 207 g/mol. The summed E-state index contributed by atoms with van der Waals surface area (Å²) >= 11 is 0. The predicted octanol–water partition coefficient (Wildman–Crippen LogP) is 1.88. The number of rotatable bonds is 2. The molecule has 1 saturated carbocycles. The van der Waals surface area contributed by atoms with Crippen LogP contribution in [0.1, 0.15) is 18.7 Å². The van der Waals surface area contributed by atoms with Crippen molar-refractivity contribution >= 4 is 6.01 Å². The van der Waals surface area contributed by atoms with E-state index in [1.54, 1.807) is 6.92 Å². The van der Waals surface area contributed by atoms with Gasteiger partial charge in [-0.3, -0.25) is 0 Å². The zero-order chi connectivity index (χ0) is 10.4. The molecular formula is C7H8F3N3O. The van der Waals surface area contributed by atoms with Gasteiger partial charge in [0.25, 0.3) is 0 Å². The first-order valence-electron chi connectivity index (χ1n) is 4.08. The molecule has 1 aliphatic carbocycles. The van der Waals surface area contributed by atoms with E-state index in [9.17, 15) is 13.2 Å². The zero-order valence-electron chi connectivity index (χ0n) is 7.35. The summed E-state index contributed by atoms with van der Waals surface area (Å²) in [6.07, 6.45) is -4.16. The summed E-state index contributed by atoms with van der Waals surface area (Å²) in [6, 6.07) is -0.169. The summed E-state index contributed by atoms with van der Waals surface area (Å²) in [5, 5.41) is 5.62. The van der Waals surface area contributed by atoms with E-state index in [2.05, 4.69) is 20.0 Å². The van der Waals surface area contributed by atoms with Crippen LogP contribution in [0.5, 0.6) is 0 Å². The number of anilines is 1. The average molecular weight is 207 g/mol. The molecule has 0 unspecified atom stereocenters. The maximum absolute atomic E-state index is 12.4. The molecule has 7 heteroatoms. The summed E-state index contributed by atoms with van der Waals surface area (Å²) in [5.74, 6) is 0.311. The van der Waals surface area contributed by atoms with Crippen molar-refractivity contribution in [1.82, 2.24) is 10.1 Å². The highest BCUT2D eigenvalue weighted by Crippen LogP contribution is 2.50. The van der Waals surface area contributed by atoms with E-state index in [1.165, 1.54) is 0 Å². The molecular weight excluding hydrogens is 199 g/mol. The lowest BCUT2D eigenvalue weighted by atomic mass is 10.3. The zero-order valence-corrected chi connectivity index (χ0v) is 7.35. The van der Waals surface area contributed by atoms with Gasteiger partial charge in [-0.1, -0.05) is 5.16 Å². The fourth-order valence-corrected chi connectivity index (χ4v) is 1.16. The summed E-state index contributed by atoms with van der Waals surface area (Å²) in [5.41, 5.74) is -1.84. The van der Waals surface area contributed by atoms with E-state index >= 15 is 0 Å². The molecule has 4 nitrogen and oxygen atoms in total. The van der Waals surface area contributed by atoms with Crippen molar-refractivity contribution in [1.29, 1.82) is 0 Å². The molecule has 0 aliphatic heterocycles. The van der Waals surface area contributed by atoms with E-state index in [4.69, 9.17) is 0 Å². The lowest BCUT2D eigenvalue weighted by molar-refractivity contribution is -0.151. The van der Waals surface area contributed by atoms with Gasteiger partial charge in [0.05, 0.1) is 0 Å². The van der Waals surface area contributed by atoms with Crippen LogP contribution >= 0.6 is 0 Å². The van der Waals surface area contributed by atoms with Crippen LogP contribution in [0.25, 0.3) is 0 Å². The van der Waals surface area contributed by atoms with Gasteiger partial charge >= 0.3 is 12.2 Å². The third-order valence-electron chi connectivity index (χ3n) is 2.17. The van der Waals surface area contributed by atoms with Crippen molar-refractivity contribution in [2.45, 2.75) is 31.5 Å². The van der Waals surface area contributed by atoms with E-state index in [0.717, 1.165) is 0 Å². The highest BCUT2D eigenvalue weighted by atomic mass is 19.4. The van der Waals surface area contributed by atoms with E-state index in [-0.39, 0.29) is 18.9 Å². The minimum atomic E-state index is -4.27. The first-order valence-corrected chi connectivity index (χ1v) is 4.08. The summed E-state index contributed by atoms with van der Waals surface area (Å²) < 4.78 is 41.9. The molecule has 0 bridgehead atoms. The standard InChI is InChI=1S/C7H8F3N3O/c1-4-11-5(14-13-4)12-6(2-3-6)7(8,9)10/h2-3H2,1H3,(H,11,12,13). The lowest BCUT2D eigenvalue weighted by Gasteiger charge is -2.18. The molecule has 0 saturated heterocycles. The van der Waals surface area contributed by atoms with Crippen molar-refractivity contribution in [3.8, 4) is 0 Å². The van der Waals surface area contributed by atoms with Gasteiger partial charge in [-0.25, -0.2) is 0 Å². The quantitative estimate of drug-likeness (QED) is 0.804. The van der Waals surface area contributed by atoms with Crippen molar-refractivity contribution in [2.75, 3.05) is 5.32 Å². The number of hydrogen-bond acceptors (Lipinski definition) is 4. The molecule has 1 aliphatic rings. The molecule has 1 N–H and O–H groups in total. The minimum absolute atomic E-state index is 0.0535. The van der Waals surface area contributed by atoms with E-state index in [1.807, 2.05) is 0 Å². The number of hydrogen-bond donors (Lipinski definition) is 1. The Morgan fingerprint density at radius 2 is 2.07 bits per heavy atom. The highest BCUT2D eigenvalue weighted by Gasteiger charge is 2.64. The number of nitrogens with one attached hydrogen (secondary N) is 1. The second-order valence-corrected chi connectivity index (χ2v) is 3.35. The van der Waals surface area contributed by atoms with Gasteiger partial charge in [0.1, 0.15) is 5.54 Å². The Morgan fingerprint density at radius 3 is 2.43 bits per heavy atom. The van der Waals surface area contributed by atoms with Gasteiger partial charge in [-0.15, -0.1) is 0 Å². The fourth-order valence-electron chi connectivity index (χ4n) is 1.16. The Bertz CT molecular complexity index is 342. The Morgan fingerprint density at radius 1 is 1.43 bits per heavy atom. The van der Waals surface area contributed by atoms with Crippen molar-refractivity contribution in [2.24, 2.45) is 0 Å². The third-order valence-corrected chi connectivity index (χ3v) is 2.17. The fraction of sp³-hybridized carbons (Fsp3) is 0.714. The summed E-state index contributed by atoms with van der Waals surface area (Å²) in [4.78, 5) is 3.66. The largest absolute Gasteiger partial charge is 0.411 e. The lowest BCUT2D eigenvalue weighted by Crippen LogP contribution is -2.38. The topological polar surface area (TPSA) is 51.0 Å². The molecule has 1 heterocycles. The van der Waals surface area contributed by atoms with Gasteiger partial charge in [-0.05, 0) is 19.8 Å². The maximum Gasteiger partial charge on any atom is 0.411 e. The summed E-state index contributed by atoms with van der Waals surface area (Å²) in [7, 11) is 0. The first-order chi connectivity index (χ1) is 6.43. The van der Waals surface area contributed by atoms with Crippen molar-refractivity contribution in [3.63, 3.8) is 0 Å². The third kappa shape index (κ3) is 1.42. The number of nitrogens with zero attached hydrogens (tertiary/aromatic N) is 2. The molecule has 0 aromatic carbocycles. The highest BCUT2D eigenvalue weighted by molar-refractivity contribution is 5.32. The van der Waals surface area contributed by atoms with Gasteiger partial charge in [0.15, 0.2) is 5.82 Å². The van der Waals surface area contributed by atoms with Crippen LogP contribution < -0.4 is 5.32 Å². The van der Waals surface area contributed by atoms with E-state index < -0.39 is 11.7 Å². The van der Waals surface area contributed by atoms with Gasteiger partial charge < -0.3 is 9.84 Å². The molecule has 14 heavy (non-hydrogen) atoms. The molecule has 1 aromatic rings. The van der Waals surface area contributed by atoms with Crippen LogP contribution in [0.3, 0.4) is 0 Å². The number of aryl methyl sites for hydroxylation is 1. The molecule has 0 amide bonds. The minimum Gasteiger partial charge on any atom is -0.323 e. The normalized spacial score (nSPS) is 19.4. The Hall–Kier alpha value is -1.27. The van der Waals surface area contributed by atoms with Gasteiger partial charge in [-0.2, -0.15) is 18.2 Å². The van der Waals surface area contributed by atoms with Crippen LogP contribution in [-0.4, -0.2) is 21.9 Å². The van der Waals surface area contributed by atoms with E-state index in [0.29, 0.717) is 5.82 Å². The average Bonchev–Trinajstić information content (AvgIpc) is 2.71. The number of aromatic nitrogens is 2. The molecule has 0 atom stereocenters. The molecule has 0 radical (unpaired) electrons. The second kappa shape index (κ2) is 2.61. The Kier molecular flexibility index (Phi) is 1.73. The molecule has 1 fully saturated rings.